The van der Waals surface area contributed by atoms with Crippen molar-refractivity contribution in [3.05, 3.63) is 5.82 Å². The number of nitrogens with one attached hydrogen (secondary N) is 1. The maximum atomic E-state index is 11.9. The van der Waals surface area contributed by atoms with Crippen molar-refractivity contribution >= 4 is 17.7 Å². The molecular formula is C15H27N5OS. The first-order valence-electron chi connectivity index (χ1n) is 8.24. The van der Waals surface area contributed by atoms with Gasteiger partial charge in [0.1, 0.15) is 0 Å². The van der Waals surface area contributed by atoms with Crippen LogP contribution in [0.15, 0.2) is 5.16 Å². The van der Waals surface area contributed by atoms with E-state index in [1.54, 1.807) is 0 Å². The molecule has 22 heavy (non-hydrogen) atoms. The maximum absolute atomic E-state index is 11.9. The van der Waals surface area contributed by atoms with Gasteiger partial charge in [-0.1, -0.05) is 44.4 Å². The molecule has 1 saturated carbocycles. The molecule has 6 nitrogen and oxygen atoms in total. The zero-order valence-electron chi connectivity index (χ0n) is 13.5. The third-order valence-corrected chi connectivity index (χ3v) is 4.81. The topological polar surface area (TPSA) is 85.8 Å². The molecule has 0 bridgehead atoms. The number of unbranched alkanes of at least 4 members (excludes halogenated alkanes) is 3. The Morgan fingerprint density at radius 3 is 2.86 bits per heavy atom. The Kier molecular flexibility index (Phi) is 6.54. The fraction of sp³-hybridized carbons (Fsp3) is 0.800. The largest absolute Gasteiger partial charge is 0.353 e. The fourth-order valence-corrected chi connectivity index (χ4v) is 3.08. The summed E-state index contributed by atoms with van der Waals surface area (Å²) >= 11 is 1.35. The van der Waals surface area contributed by atoms with Crippen molar-refractivity contribution in [3.8, 4) is 0 Å². The van der Waals surface area contributed by atoms with Crippen LogP contribution in [0.2, 0.25) is 0 Å². The molecule has 3 N–H and O–H groups in total. The van der Waals surface area contributed by atoms with Crippen LogP contribution in [0.1, 0.15) is 70.5 Å². The number of nitrogens with two attached hydrogens (primary N) is 1. The van der Waals surface area contributed by atoms with Gasteiger partial charge < -0.3 is 11.2 Å². The van der Waals surface area contributed by atoms with Gasteiger partial charge in [0, 0.05) is 12.0 Å². The minimum atomic E-state index is 0.0314. The van der Waals surface area contributed by atoms with E-state index < -0.39 is 0 Å². The summed E-state index contributed by atoms with van der Waals surface area (Å²) in [6.45, 7) is 4.26. The van der Waals surface area contributed by atoms with E-state index in [9.17, 15) is 4.79 Å². The van der Waals surface area contributed by atoms with Crippen molar-refractivity contribution in [2.24, 2.45) is 0 Å². The molecule has 0 saturated heterocycles. The lowest BCUT2D eigenvalue weighted by Crippen LogP contribution is -2.33. The number of nitrogen functional groups attached to an aromatic ring is 1. The summed E-state index contributed by atoms with van der Waals surface area (Å²) in [5, 5.41) is 11.8. The smallest absolute Gasteiger partial charge is 0.230 e. The molecule has 0 aromatic carbocycles. The van der Waals surface area contributed by atoms with Gasteiger partial charge in [0.15, 0.2) is 5.82 Å². The first-order valence-corrected chi connectivity index (χ1v) is 9.23. The van der Waals surface area contributed by atoms with Gasteiger partial charge in [0.05, 0.1) is 5.75 Å². The Bertz CT molecular complexity index is 486. The summed E-state index contributed by atoms with van der Waals surface area (Å²) in [5.41, 5.74) is 0. The molecule has 1 fully saturated rings. The van der Waals surface area contributed by atoms with E-state index in [4.69, 9.17) is 5.84 Å². The molecule has 0 aliphatic heterocycles. The zero-order chi connectivity index (χ0) is 15.9. The molecule has 1 heterocycles. The van der Waals surface area contributed by atoms with Crippen LogP contribution in [0, 0.1) is 0 Å². The van der Waals surface area contributed by atoms with Crippen molar-refractivity contribution < 1.29 is 4.79 Å². The second kappa shape index (κ2) is 8.41. The molecule has 1 aliphatic carbocycles. The van der Waals surface area contributed by atoms with E-state index in [0.717, 1.165) is 25.1 Å². The summed E-state index contributed by atoms with van der Waals surface area (Å²) in [5.74, 6) is 7.63. The SMILES string of the molecule is CCCCCC[C@H](C)NC(=O)CSc1nnc(C2CC2)n1N. The molecule has 7 heteroatoms. The summed E-state index contributed by atoms with van der Waals surface area (Å²) in [6.07, 6.45) is 8.23. The van der Waals surface area contributed by atoms with E-state index in [1.807, 2.05) is 0 Å². The molecule has 1 amide bonds. The zero-order valence-corrected chi connectivity index (χ0v) is 14.4. The Balaban J connectivity index is 1.66. The summed E-state index contributed by atoms with van der Waals surface area (Å²) < 4.78 is 1.53. The highest BCUT2D eigenvalue weighted by atomic mass is 32.2. The standard InChI is InChI=1S/C15H27N5OS/c1-3-4-5-6-7-11(2)17-13(21)10-22-15-19-18-14(20(15)16)12-8-9-12/h11-12H,3-10,16H2,1-2H3,(H,17,21)/t11-/m0/s1. The van der Waals surface area contributed by atoms with E-state index in [1.165, 1.54) is 42.1 Å². The fourth-order valence-electron chi connectivity index (χ4n) is 2.40. The Morgan fingerprint density at radius 1 is 1.41 bits per heavy atom. The third kappa shape index (κ3) is 5.19. The van der Waals surface area contributed by atoms with Crippen LogP contribution in [0.5, 0.6) is 0 Å². The van der Waals surface area contributed by atoms with Gasteiger partial charge in [0.25, 0.3) is 0 Å². The highest BCUT2D eigenvalue weighted by molar-refractivity contribution is 7.99. The number of rotatable bonds is 10. The first-order chi connectivity index (χ1) is 10.6. The lowest BCUT2D eigenvalue weighted by molar-refractivity contribution is -0.119. The average Bonchev–Trinajstić information content (AvgIpc) is 3.26. The van der Waals surface area contributed by atoms with Gasteiger partial charge in [-0.15, -0.1) is 10.2 Å². The lowest BCUT2D eigenvalue weighted by Gasteiger charge is -2.13. The predicted octanol–water partition coefficient (Wildman–Crippen LogP) is 2.44. The van der Waals surface area contributed by atoms with E-state index in [2.05, 4.69) is 29.4 Å². The van der Waals surface area contributed by atoms with E-state index >= 15 is 0 Å². The minimum absolute atomic E-state index is 0.0314. The first kappa shape index (κ1) is 17.1. The average molecular weight is 325 g/mol. The molecule has 1 aromatic rings. The van der Waals surface area contributed by atoms with Gasteiger partial charge in [-0.3, -0.25) is 4.79 Å². The summed E-state index contributed by atoms with van der Waals surface area (Å²) in [4.78, 5) is 11.9. The van der Waals surface area contributed by atoms with Crippen LogP contribution in [0.4, 0.5) is 0 Å². The molecule has 2 rings (SSSR count). The number of thioether (sulfide) groups is 1. The second-order valence-electron chi connectivity index (χ2n) is 6.09. The predicted molar refractivity (Wildman–Crippen MR) is 89.2 cm³/mol. The Morgan fingerprint density at radius 2 is 2.18 bits per heavy atom. The number of hydrogen-bond acceptors (Lipinski definition) is 5. The van der Waals surface area contributed by atoms with Crippen LogP contribution in [-0.4, -0.2) is 32.6 Å². The van der Waals surface area contributed by atoms with Crippen LogP contribution in [-0.2, 0) is 4.79 Å². The number of nitrogens with zero attached hydrogens (tertiary/aromatic N) is 3. The molecule has 0 spiro atoms. The number of hydrogen-bond donors (Lipinski definition) is 2. The monoisotopic (exact) mass is 325 g/mol. The normalized spacial score (nSPS) is 15.7. The van der Waals surface area contributed by atoms with Crippen LogP contribution < -0.4 is 11.2 Å². The van der Waals surface area contributed by atoms with Crippen LogP contribution in [0.3, 0.4) is 0 Å². The lowest BCUT2D eigenvalue weighted by atomic mass is 10.1. The van der Waals surface area contributed by atoms with Gasteiger partial charge in [-0.25, -0.2) is 4.68 Å². The maximum Gasteiger partial charge on any atom is 0.230 e. The van der Waals surface area contributed by atoms with Crippen molar-refractivity contribution in [1.82, 2.24) is 20.2 Å². The number of carbonyl (C=O) groups is 1. The number of carbonyl (C=O) groups excluding carboxylic acids is 1. The second-order valence-corrected chi connectivity index (χ2v) is 7.03. The van der Waals surface area contributed by atoms with Crippen LogP contribution in [0.25, 0.3) is 0 Å². The van der Waals surface area contributed by atoms with Crippen molar-refractivity contribution in [1.29, 1.82) is 0 Å². The summed E-state index contributed by atoms with van der Waals surface area (Å²) in [6, 6.07) is 0.225. The molecular weight excluding hydrogens is 298 g/mol. The summed E-state index contributed by atoms with van der Waals surface area (Å²) in [7, 11) is 0. The van der Waals surface area contributed by atoms with Crippen LogP contribution >= 0.6 is 11.8 Å². The molecule has 0 radical (unpaired) electrons. The highest BCUT2D eigenvalue weighted by Gasteiger charge is 2.30. The Hall–Kier alpha value is -1.24. The van der Waals surface area contributed by atoms with Gasteiger partial charge in [-0.2, -0.15) is 0 Å². The molecule has 0 unspecified atom stereocenters. The molecule has 1 aliphatic rings. The van der Waals surface area contributed by atoms with Crippen molar-refractivity contribution in [2.75, 3.05) is 11.6 Å². The van der Waals surface area contributed by atoms with Crippen molar-refractivity contribution in [2.45, 2.75) is 75.9 Å². The van der Waals surface area contributed by atoms with Gasteiger partial charge >= 0.3 is 0 Å². The van der Waals surface area contributed by atoms with E-state index in [0.29, 0.717) is 16.8 Å². The molecule has 1 atom stereocenters. The van der Waals surface area contributed by atoms with E-state index in [-0.39, 0.29) is 11.9 Å². The third-order valence-electron chi connectivity index (χ3n) is 3.86. The highest BCUT2D eigenvalue weighted by Crippen LogP contribution is 2.39. The number of aromatic nitrogens is 3. The molecule has 124 valence electrons. The van der Waals surface area contributed by atoms with Gasteiger partial charge in [-0.05, 0) is 26.2 Å². The quantitative estimate of drug-likeness (QED) is 0.392. The number of amides is 1. The van der Waals surface area contributed by atoms with Gasteiger partial charge in [0.2, 0.25) is 11.1 Å². The minimum Gasteiger partial charge on any atom is -0.353 e. The Labute approximate surface area is 136 Å². The molecule has 1 aromatic heterocycles. The van der Waals surface area contributed by atoms with Crippen molar-refractivity contribution in [3.63, 3.8) is 0 Å².